The zero-order chi connectivity index (χ0) is 17.6. The number of pyridine rings is 1. The van der Waals surface area contributed by atoms with Crippen LogP contribution >= 0.6 is 0 Å². The number of nitrogens with one attached hydrogen (secondary N) is 1. The van der Waals surface area contributed by atoms with Crippen LogP contribution in [0, 0.1) is 11.3 Å². The maximum Gasteiger partial charge on any atom is 0.251 e. The largest absolute Gasteiger partial charge is 0.489 e. The van der Waals surface area contributed by atoms with E-state index in [2.05, 4.69) is 11.4 Å². The number of aromatic nitrogens is 1. The van der Waals surface area contributed by atoms with E-state index in [9.17, 15) is 10.1 Å². The number of benzene rings is 1. The van der Waals surface area contributed by atoms with Crippen molar-refractivity contribution in [1.82, 2.24) is 9.72 Å². The second-order valence-corrected chi connectivity index (χ2v) is 5.43. The number of hydrogen-bond donors (Lipinski definition) is 2. The van der Waals surface area contributed by atoms with Gasteiger partial charge in [-0.3, -0.25) is 4.79 Å². The van der Waals surface area contributed by atoms with Crippen molar-refractivity contribution < 1.29 is 14.6 Å². The predicted molar refractivity (Wildman–Crippen MR) is 92.3 cm³/mol. The molecule has 0 atom stereocenters. The lowest BCUT2D eigenvalue weighted by Gasteiger charge is -2.08. The van der Waals surface area contributed by atoms with Crippen LogP contribution in [0.25, 0.3) is 5.52 Å². The molecule has 3 rings (SSSR count). The number of aliphatic hydroxyl groups is 1. The third kappa shape index (κ3) is 3.62. The molecule has 0 bridgehead atoms. The first-order valence-corrected chi connectivity index (χ1v) is 7.83. The molecule has 0 aliphatic heterocycles. The summed E-state index contributed by atoms with van der Waals surface area (Å²) >= 11 is 0. The fourth-order valence-corrected chi connectivity index (χ4v) is 2.58. The van der Waals surface area contributed by atoms with Crippen molar-refractivity contribution in [3.05, 3.63) is 71.5 Å². The Labute approximate surface area is 144 Å². The number of rotatable bonds is 6. The summed E-state index contributed by atoms with van der Waals surface area (Å²) in [5.74, 6) is 0.266. The van der Waals surface area contributed by atoms with Gasteiger partial charge < -0.3 is 19.6 Å². The number of nitriles is 1. The highest BCUT2D eigenvalue weighted by Gasteiger charge is 2.11. The van der Waals surface area contributed by atoms with Crippen molar-refractivity contribution in [2.75, 3.05) is 13.2 Å². The second-order valence-electron chi connectivity index (χ2n) is 5.43. The van der Waals surface area contributed by atoms with Crippen molar-refractivity contribution in [2.24, 2.45) is 0 Å². The van der Waals surface area contributed by atoms with Crippen molar-refractivity contribution in [3.8, 4) is 11.8 Å². The van der Waals surface area contributed by atoms with Gasteiger partial charge in [0.1, 0.15) is 18.4 Å². The van der Waals surface area contributed by atoms with E-state index in [0.29, 0.717) is 16.9 Å². The Morgan fingerprint density at radius 3 is 2.96 bits per heavy atom. The molecule has 6 nitrogen and oxygen atoms in total. The highest BCUT2D eigenvalue weighted by molar-refractivity contribution is 5.94. The first-order valence-electron chi connectivity index (χ1n) is 7.83. The smallest absolute Gasteiger partial charge is 0.251 e. The third-order valence-electron chi connectivity index (χ3n) is 3.76. The maximum absolute atomic E-state index is 11.9. The number of amides is 1. The summed E-state index contributed by atoms with van der Waals surface area (Å²) < 4.78 is 7.65. The lowest BCUT2D eigenvalue weighted by atomic mass is 10.2. The minimum atomic E-state index is -0.271. The van der Waals surface area contributed by atoms with Crippen LogP contribution in [-0.4, -0.2) is 28.6 Å². The Morgan fingerprint density at radius 2 is 2.16 bits per heavy atom. The minimum Gasteiger partial charge on any atom is -0.489 e. The molecule has 1 amide bonds. The highest BCUT2D eigenvalue weighted by atomic mass is 16.5. The van der Waals surface area contributed by atoms with E-state index in [1.807, 2.05) is 35.0 Å². The van der Waals surface area contributed by atoms with Crippen LogP contribution in [0.2, 0.25) is 0 Å². The normalized spacial score (nSPS) is 10.4. The molecule has 0 fully saturated rings. The summed E-state index contributed by atoms with van der Waals surface area (Å²) in [7, 11) is 0. The van der Waals surface area contributed by atoms with Crippen LogP contribution in [0.4, 0.5) is 0 Å². The van der Waals surface area contributed by atoms with Crippen molar-refractivity contribution in [2.45, 2.75) is 6.61 Å². The molecule has 126 valence electrons. The Hall–Kier alpha value is -3.30. The van der Waals surface area contributed by atoms with Crippen LogP contribution in [0.1, 0.15) is 21.5 Å². The fourth-order valence-electron chi connectivity index (χ4n) is 2.58. The number of ether oxygens (including phenoxy) is 1. The molecule has 2 heterocycles. The lowest BCUT2D eigenvalue weighted by Crippen LogP contribution is -2.26. The number of fused-ring (bicyclic) bond motifs is 1. The molecule has 0 aliphatic carbocycles. The van der Waals surface area contributed by atoms with Crippen LogP contribution in [0.15, 0.2) is 54.9 Å². The molecule has 0 aliphatic rings. The van der Waals surface area contributed by atoms with Gasteiger partial charge in [0.05, 0.1) is 17.7 Å². The quantitative estimate of drug-likeness (QED) is 0.722. The fraction of sp³-hybridized carbons (Fsp3) is 0.158. The molecular weight excluding hydrogens is 318 g/mol. The summed E-state index contributed by atoms with van der Waals surface area (Å²) in [5, 5.41) is 20.8. The van der Waals surface area contributed by atoms with Crippen molar-refractivity contribution in [1.29, 1.82) is 5.26 Å². The maximum atomic E-state index is 11.9. The first kappa shape index (κ1) is 16.6. The van der Waals surface area contributed by atoms with Gasteiger partial charge in [-0.15, -0.1) is 0 Å². The van der Waals surface area contributed by atoms with Crippen LogP contribution in [0.5, 0.6) is 5.75 Å². The summed E-state index contributed by atoms with van der Waals surface area (Å²) in [4.78, 5) is 11.9. The van der Waals surface area contributed by atoms with Crippen molar-refractivity contribution in [3.63, 3.8) is 0 Å². The summed E-state index contributed by atoms with van der Waals surface area (Å²) in [6, 6.07) is 14.7. The Bertz CT molecular complexity index is 940. The average Bonchev–Trinajstić information content (AvgIpc) is 3.02. The van der Waals surface area contributed by atoms with Crippen molar-refractivity contribution >= 4 is 11.4 Å². The molecule has 0 unspecified atom stereocenters. The molecule has 0 spiro atoms. The molecule has 0 saturated carbocycles. The Balaban J connectivity index is 1.76. The van der Waals surface area contributed by atoms with E-state index in [1.54, 1.807) is 24.3 Å². The van der Waals surface area contributed by atoms with Crippen LogP contribution < -0.4 is 10.1 Å². The summed E-state index contributed by atoms with van der Waals surface area (Å²) in [6.45, 7) is 0.320. The van der Waals surface area contributed by atoms with E-state index in [-0.39, 0.29) is 25.7 Å². The molecule has 6 heteroatoms. The standard InChI is InChI=1S/C19H17N3O3/c20-11-17-15(12-22-8-2-1-6-18(17)22)13-25-16-5-3-4-14(10-16)19(24)21-7-9-23/h1-6,8,10,12,23H,7,9,13H2,(H,21,24). The zero-order valence-corrected chi connectivity index (χ0v) is 13.5. The van der Waals surface area contributed by atoms with Gasteiger partial charge in [-0.1, -0.05) is 12.1 Å². The van der Waals surface area contributed by atoms with Gasteiger partial charge in [0.2, 0.25) is 0 Å². The molecular formula is C19H17N3O3. The van der Waals surface area contributed by atoms with E-state index in [1.165, 1.54) is 0 Å². The minimum absolute atomic E-state index is 0.110. The topological polar surface area (TPSA) is 86.8 Å². The molecule has 0 saturated heterocycles. The van der Waals surface area contributed by atoms with E-state index in [0.717, 1.165) is 11.1 Å². The average molecular weight is 335 g/mol. The number of nitrogens with zero attached hydrogens (tertiary/aromatic N) is 2. The SMILES string of the molecule is N#Cc1c(COc2cccc(C(=O)NCCO)c2)cn2ccccc12. The van der Waals surface area contributed by atoms with Gasteiger partial charge in [0, 0.05) is 30.1 Å². The number of carbonyl (C=O) groups is 1. The summed E-state index contributed by atoms with van der Waals surface area (Å²) in [6.07, 6.45) is 3.75. The monoisotopic (exact) mass is 335 g/mol. The first-order chi connectivity index (χ1) is 12.2. The van der Waals surface area contributed by atoms with Gasteiger partial charge in [0.25, 0.3) is 5.91 Å². The molecule has 2 N–H and O–H groups in total. The Kier molecular flexibility index (Phi) is 4.97. The van der Waals surface area contributed by atoms with Gasteiger partial charge in [-0.25, -0.2) is 0 Å². The van der Waals surface area contributed by atoms with Gasteiger partial charge in [-0.05, 0) is 30.3 Å². The number of carbonyl (C=O) groups excluding carboxylic acids is 1. The van der Waals surface area contributed by atoms with Gasteiger partial charge >= 0.3 is 0 Å². The van der Waals surface area contributed by atoms with E-state index in [4.69, 9.17) is 9.84 Å². The summed E-state index contributed by atoms with van der Waals surface area (Å²) in [5.41, 5.74) is 2.65. The molecule has 25 heavy (non-hydrogen) atoms. The third-order valence-corrected chi connectivity index (χ3v) is 3.76. The number of hydrogen-bond acceptors (Lipinski definition) is 4. The van der Waals surface area contributed by atoms with E-state index >= 15 is 0 Å². The van der Waals surface area contributed by atoms with Gasteiger partial charge in [-0.2, -0.15) is 5.26 Å². The lowest BCUT2D eigenvalue weighted by molar-refractivity contribution is 0.0944. The highest BCUT2D eigenvalue weighted by Crippen LogP contribution is 2.21. The van der Waals surface area contributed by atoms with E-state index < -0.39 is 0 Å². The van der Waals surface area contributed by atoms with Gasteiger partial charge in [0.15, 0.2) is 0 Å². The second kappa shape index (κ2) is 7.51. The molecule has 1 aromatic carbocycles. The molecule has 0 radical (unpaired) electrons. The Morgan fingerprint density at radius 1 is 1.28 bits per heavy atom. The predicted octanol–water partition coefficient (Wildman–Crippen LogP) is 2.11. The molecule has 2 aromatic heterocycles. The van der Waals surface area contributed by atoms with Crippen LogP contribution in [0.3, 0.4) is 0 Å². The molecule has 3 aromatic rings. The van der Waals surface area contributed by atoms with Crippen LogP contribution in [-0.2, 0) is 6.61 Å². The number of aliphatic hydroxyl groups excluding tert-OH is 1. The zero-order valence-electron chi connectivity index (χ0n) is 13.5.